The molecule has 40 heavy (non-hydrogen) atoms. The number of hydrogen-bond acceptors (Lipinski definition) is 7. The number of aromatic amines is 2. The van der Waals surface area contributed by atoms with Gasteiger partial charge >= 0.3 is 5.76 Å². The zero-order valence-electron chi connectivity index (χ0n) is 21.8. The van der Waals surface area contributed by atoms with Crippen molar-refractivity contribution in [2.75, 3.05) is 0 Å². The summed E-state index contributed by atoms with van der Waals surface area (Å²) >= 11 is 0. The SMILES string of the molecule is CCn1cc([C@@]2(c3nn(CC)c(=O)o3)N[C@@H](c3ncc(-c4ccc(F)cn4)[nH]3)Cc3c2[nH]c2ccccc32)cn1. The van der Waals surface area contributed by atoms with Crippen molar-refractivity contribution in [3.05, 3.63) is 106 Å². The average Bonchev–Trinajstić information content (AvgIpc) is 3.78. The van der Waals surface area contributed by atoms with Gasteiger partial charge in [-0.2, -0.15) is 9.78 Å². The Hall–Kier alpha value is -4.84. The first-order valence-electron chi connectivity index (χ1n) is 13.2. The fourth-order valence-corrected chi connectivity index (χ4v) is 5.57. The van der Waals surface area contributed by atoms with Gasteiger partial charge in [0.05, 0.1) is 41.7 Å². The fraction of sp³-hybridized carbons (Fsp3) is 0.250. The number of nitrogens with zero attached hydrogens (tertiary/aromatic N) is 6. The van der Waals surface area contributed by atoms with Gasteiger partial charge in [0.1, 0.15) is 11.6 Å². The van der Waals surface area contributed by atoms with Crippen molar-refractivity contribution < 1.29 is 8.81 Å². The van der Waals surface area contributed by atoms with Gasteiger partial charge in [-0.05, 0) is 44.0 Å². The van der Waals surface area contributed by atoms with E-state index < -0.39 is 17.1 Å². The van der Waals surface area contributed by atoms with Crippen molar-refractivity contribution in [1.29, 1.82) is 0 Å². The smallest absolute Gasteiger partial charge is 0.389 e. The number of halogens is 1. The van der Waals surface area contributed by atoms with Crippen LogP contribution in [0.15, 0.2) is 70.4 Å². The van der Waals surface area contributed by atoms with E-state index in [1.807, 2.05) is 42.9 Å². The Kier molecular flexibility index (Phi) is 5.52. The third kappa shape index (κ3) is 3.63. The maximum absolute atomic E-state index is 13.5. The summed E-state index contributed by atoms with van der Waals surface area (Å²) in [6.07, 6.45) is 7.16. The molecule has 0 amide bonds. The molecule has 0 fully saturated rings. The third-order valence-electron chi connectivity index (χ3n) is 7.53. The first-order chi connectivity index (χ1) is 19.5. The summed E-state index contributed by atoms with van der Waals surface area (Å²) in [5.74, 6) is -0.0835. The number of aromatic nitrogens is 8. The van der Waals surface area contributed by atoms with Gasteiger partial charge < -0.3 is 14.4 Å². The number of nitrogens with one attached hydrogen (secondary N) is 3. The van der Waals surface area contributed by atoms with Crippen LogP contribution >= 0.6 is 0 Å². The third-order valence-corrected chi connectivity index (χ3v) is 7.53. The first kappa shape index (κ1) is 24.2. The molecule has 0 saturated carbocycles. The average molecular weight is 540 g/mol. The highest BCUT2D eigenvalue weighted by Crippen LogP contribution is 2.45. The lowest BCUT2D eigenvalue weighted by Crippen LogP contribution is -2.51. The molecule has 6 heterocycles. The number of H-pyrrole nitrogens is 2. The normalized spacial score (nSPS) is 18.8. The predicted octanol–water partition coefficient (Wildman–Crippen LogP) is 3.66. The molecular formula is C28H26FN9O2. The minimum atomic E-state index is -1.18. The van der Waals surface area contributed by atoms with Crippen LogP contribution in [0.1, 0.15) is 48.4 Å². The van der Waals surface area contributed by atoms with E-state index in [2.05, 4.69) is 41.5 Å². The zero-order chi connectivity index (χ0) is 27.4. The largest absolute Gasteiger partial charge is 0.437 e. The van der Waals surface area contributed by atoms with Gasteiger partial charge in [0, 0.05) is 35.8 Å². The highest BCUT2D eigenvalue weighted by atomic mass is 19.1. The summed E-state index contributed by atoms with van der Waals surface area (Å²) in [4.78, 5) is 28.6. The summed E-state index contributed by atoms with van der Waals surface area (Å²) in [6, 6.07) is 10.7. The molecule has 0 aliphatic carbocycles. The summed E-state index contributed by atoms with van der Waals surface area (Å²) in [5.41, 5.74) is 3.66. The fourth-order valence-electron chi connectivity index (χ4n) is 5.57. The van der Waals surface area contributed by atoms with Crippen molar-refractivity contribution in [3.63, 3.8) is 0 Å². The van der Waals surface area contributed by atoms with Crippen LogP contribution in [0.3, 0.4) is 0 Å². The molecule has 6 aromatic rings. The van der Waals surface area contributed by atoms with E-state index >= 15 is 0 Å². The molecule has 5 aromatic heterocycles. The molecule has 0 spiro atoms. The topological polar surface area (TPSA) is 135 Å². The minimum absolute atomic E-state index is 0.208. The monoisotopic (exact) mass is 539 g/mol. The van der Waals surface area contributed by atoms with Crippen molar-refractivity contribution in [2.45, 2.75) is 44.9 Å². The Morgan fingerprint density at radius 2 is 1.95 bits per heavy atom. The standard InChI is InChI=1S/C28H26FN9O2/c1-3-37-15-16(12-32-37)28(26-36-38(4-2)27(39)40-26)24-19(18-7-5-6-8-20(18)33-24)11-22(35-28)25-31-14-23(34-25)21-10-9-17(29)13-30-21/h5-10,12-15,22,33,35H,3-4,11H2,1-2H3,(H,31,34)/t22-,28-/m1/s1. The molecule has 2 atom stereocenters. The number of hydrogen-bond donors (Lipinski definition) is 3. The number of benzene rings is 1. The van der Waals surface area contributed by atoms with E-state index in [-0.39, 0.29) is 11.9 Å². The van der Waals surface area contributed by atoms with Gasteiger partial charge in [0.2, 0.25) is 5.89 Å². The van der Waals surface area contributed by atoms with Crippen molar-refractivity contribution in [2.24, 2.45) is 0 Å². The second kappa shape index (κ2) is 9.12. The van der Waals surface area contributed by atoms with Gasteiger partial charge in [0.25, 0.3) is 0 Å². The molecule has 12 heteroatoms. The van der Waals surface area contributed by atoms with Crippen molar-refractivity contribution >= 4 is 10.9 Å². The van der Waals surface area contributed by atoms with Gasteiger partial charge in [0.15, 0.2) is 5.54 Å². The maximum Gasteiger partial charge on any atom is 0.437 e. The maximum atomic E-state index is 13.5. The lowest BCUT2D eigenvalue weighted by Gasteiger charge is -2.38. The number of fused-ring (bicyclic) bond motifs is 3. The van der Waals surface area contributed by atoms with E-state index in [0.29, 0.717) is 36.7 Å². The zero-order valence-corrected chi connectivity index (χ0v) is 21.8. The molecule has 7 rings (SSSR count). The van der Waals surface area contributed by atoms with Gasteiger partial charge in [-0.1, -0.05) is 18.2 Å². The molecular weight excluding hydrogens is 513 g/mol. The molecule has 1 aromatic carbocycles. The van der Waals surface area contributed by atoms with Crippen LogP contribution < -0.4 is 11.1 Å². The van der Waals surface area contributed by atoms with Crippen LogP contribution in [0.4, 0.5) is 4.39 Å². The van der Waals surface area contributed by atoms with E-state index in [9.17, 15) is 9.18 Å². The molecule has 3 N–H and O–H groups in total. The van der Waals surface area contributed by atoms with Crippen LogP contribution in [0.5, 0.6) is 0 Å². The van der Waals surface area contributed by atoms with Gasteiger partial charge in [-0.15, -0.1) is 5.10 Å². The summed E-state index contributed by atoms with van der Waals surface area (Å²) in [7, 11) is 0. The van der Waals surface area contributed by atoms with Crippen LogP contribution in [0, 0.1) is 5.82 Å². The minimum Gasteiger partial charge on any atom is -0.389 e. The highest BCUT2D eigenvalue weighted by Gasteiger charge is 2.51. The Bertz CT molecular complexity index is 1890. The Labute approximate surface area is 227 Å². The van der Waals surface area contributed by atoms with E-state index in [0.717, 1.165) is 27.7 Å². The second-order valence-corrected chi connectivity index (χ2v) is 9.79. The van der Waals surface area contributed by atoms with Crippen molar-refractivity contribution in [1.82, 2.24) is 44.8 Å². The number of aryl methyl sites for hydroxylation is 2. The molecule has 1 aliphatic heterocycles. The summed E-state index contributed by atoms with van der Waals surface area (Å²) in [6.45, 7) is 4.88. The first-order valence-corrected chi connectivity index (χ1v) is 13.2. The molecule has 1 aliphatic rings. The Balaban J connectivity index is 1.46. The van der Waals surface area contributed by atoms with Crippen LogP contribution in [-0.4, -0.2) is 39.5 Å². The molecule has 0 bridgehead atoms. The quantitative estimate of drug-likeness (QED) is 0.294. The lowest BCUT2D eigenvalue weighted by atomic mass is 9.79. The van der Waals surface area contributed by atoms with Crippen LogP contribution in [0.2, 0.25) is 0 Å². The number of para-hydroxylation sites is 1. The van der Waals surface area contributed by atoms with Gasteiger partial charge in [-0.3, -0.25) is 15.0 Å². The lowest BCUT2D eigenvalue weighted by molar-refractivity contribution is 0.284. The van der Waals surface area contributed by atoms with Crippen LogP contribution in [0.25, 0.3) is 22.3 Å². The number of rotatable bonds is 6. The van der Waals surface area contributed by atoms with E-state index in [1.165, 1.54) is 16.9 Å². The Morgan fingerprint density at radius 1 is 1.07 bits per heavy atom. The summed E-state index contributed by atoms with van der Waals surface area (Å²) in [5, 5.41) is 14.0. The predicted molar refractivity (Wildman–Crippen MR) is 144 cm³/mol. The number of pyridine rings is 1. The van der Waals surface area contributed by atoms with Crippen LogP contribution in [-0.2, 0) is 25.0 Å². The van der Waals surface area contributed by atoms with Gasteiger partial charge in [-0.25, -0.2) is 14.2 Å². The van der Waals surface area contributed by atoms with Crippen molar-refractivity contribution in [3.8, 4) is 11.4 Å². The number of imidazole rings is 1. The van der Waals surface area contributed by atoms with E-state index in [4.69, 9.17) is 4.42 Å². The Morgan fingerprint density at radius 3 is 2.70 bits per heavy atom. The molecule has 11 nitrogen and oxygen atoms in total. The summed E-state index contributed by atoms with van der Waals surface area (Å²) < 4.78 is 22.5. The highest BCUT2D eigenvalue weighted by molar-refractivity contribution is 5.86. The van der Waals surface area contributed by atoms with E-state index in [1.54, 1.807) is 18.5 Å². The second-order valence-electron chi connectivity index (χ2n) is 9.79. The molecule has 0 unspecified atom stereocenters. The molecule has 0 saturated heterocycles. The molecule has 0 radical (unpaired) electrons. The molecule has 202 valence electrons.